The molecule has 1 aliphatic carbocycles. The first-order valence-corrected chi connectivity index (χ1v) is 9.19. The number of hydrogen-bond donors (Lipinski definition) is 2. The summed E-state index contributed by atoms with van der Waals surface area (Å²) in [5.74, 6) is -0.133. The van der Waals surface area contributed by atoms with Crippen molar-refractivity contribution in [2.75, 3.05) is 5.32 Å². The molecule has 0 spiro atoms. The van der Waals surface area contributed by atoms with Gasteiger partial charge in [0.2, 0.25) is 5.91 Å². The average Bonchev–Trinajstić information content (AvgIpc) is 3.36. The first kappa shape index (κ1) is 18.5. The molecule has 0 aliphatic heterocycles. The Morgan fingerprint density at radius 2 is 1.85 bits per heavy atom. The fraction of sp³-hybridized carbons (Fsp3) is 0.333. The number of benzene rings is 2. The Bertz CT molecular complexity index is 857. The summed E-state index contributed by atoms with van der Waals surface area (Å²) in [7, 11) is 0. The lowest BCUT2D eigenvalue weighted by Gasteiger charge is -2.17. The molecule has 1 aliphatic rings. The highest BCUT2D eigenvalue weighted by atomic mass is 35.5. The van der Waals surface area contributed by atoms with Gasteiger partial charge in [0.15, 0.2) is 0 Å². The number of halogens is 1. The Morgan fingerprint density at radius 1 is 1.12 bits per heavy atom. The van der Waals surface area contributed by atoms with Crippen molar-refractivity contribution < 1.29 is 9.59 Å². The number of carbonyl (C=O) groups excluding carboxylic acids is 2. The van der Waals surface area contributed by atoms with Crippen molar-refractivity contribution in [2.24, 2.45) is 0 Å². The van der Waals surface area contributed by atoms with Crippen LogP contribution in [0.3, 0.4) is 0 Å². The van der Waals surface area contributed by atoms with Gasteiger partial charge in [-0.15, -0.1) is 0 Å². The van der Waals surface area contributed by atoms with E-state index in [0.29, 0.717) is 16.3 Å². The molecule has 2 aromatic carbocycles. The van der Waals surface area contributed by atoms with Gasteiger partial charge >= 0.3 is 0 Å². The van der Waals surface area contributed by atoms with Crippen molar-refractivity contribution in [3.8, 4) is 0 Å². The largest absolute Gasteiger partial charge is 0.350 e. The van der Waals surface area contributed by atoms with Gasteiger partial charge in [-0.2, -0.15) is 0 Å². The second kappa shape index (κ2) is 7.12. The van der Waals surface area contributed by atoms with Crippen LogP contribution in [0, 0.1) is 6.92 Å². The van der Waals surface area contributed by atoms with Gasteiger partial charge < -0.3 is 10.6 Å². The van der Waals surface area contributed by atoms with Crippen molar-refractivity contribution in [2.45, 2.75) is 45.1 Å². The molecule has 2 amide bonds. The lowest BCUT2D eigenvalue weighted by atomic mass is 9.95. The monoisotopic (exact) mass is 370 g/mol. The summed E-state index contributed by atoms with van der Waals surface area (Å²) in [4.78, 5) is 25.0. The molecule has 136 valence electrons. The number of nitrogens with one attached hydrogen (secondary N) is 2. The van der Waals surface area contributed by atoms with Crippen molar-refractivity contribution in [3.05, 3.63) is 64.2 Å². The van der Waals surface area contributed by atoms with Crippen molar-refractivity contribution in [1.29, 1.82) is 0 Å². The van der Waals surface area contributed by atoms with Crippen LogP contribution in [0.2, 0.25) is 5.02 Å². The third-order valence-electron chi connectivity index (χ3n) is 4.71. The molecule has 0 bridgehead atoms. The van der Waals surface area contributed by atoms with Crippen LogP contribution in [-0.4, -0.2) is 17.9 Å². The van der Waals surface area contributed by atoms with Crippen molar-refractivity contribution in [1.82, 2.24) is 5.32 Å². The number of aryl methyl sites for hydroxylation is 1. The fourth-order valence-corrected chi connectivity index (χ4v) is 3.34. The maximum Gasteiger partial charge on any atom is 0.251 e. The molecule has 2 N–H and O–H groups in total. The van der Waals surface area contributed by atoms with E-state index in [9.17, 15) is 9.59 Å². The zero-order chi connectivity index (χ0) is 18.9. The smallest absolute Gasteiger partial charge is 0.251 e. The second-order valence-corrected chi connectivity index (χ2v) is 7.64. The molecule has 0 unspecified atom stereocenters. The standard InChI is InChI=1S/C21H23ClN2O2/c1-13(2)23-19(25)18-8-7-17(11-14(18)3)24-20(26)21(9-10-21)15-5-4-6-16(22)12-15/h4-8,11-13H,9-10H2,1-3H3,(H,23,25)(H,24,26). The number of amides is 2. The summed E-state index contributed by atoms with van der Waals surface area (Å²) in [6.45, 7) is 5.72. The first-order chi connectivity index (χ1) is 12.3. The van der Waals surface area contributed by atoms with Crippen LogP contribution >= 0.6 is 11.6 Å². The zero-order valence-corrected chi connectivity index (χ0v) is 16.0. The van der Waals surface area contributed by atoms with Gasteiger partial charge in [0.1, 0.15) is 0 Å². The average molecular weight is 371 g/mol. The summed E-state index contributed by atoms with van der Waals surface area (Å²) >= 11 is 6.08. The third kappa shape index (κ3) is 3.75. The third-order valence-corrected chi connectivity index (χ3v) is 4.95. The molecular weight excluding hydrogens is 348 g/mol. The summed E-state index contributed by atoms with van der Waals surface area (Å²) in [6, 6.07) is 12.9. The van der Waals surface area contributed by atoms with Gasteiger partial charge in [0, 0.05) is 22.3 Å². The lowest BCUT2D eigenvalue weighted by molar-refractivity contribution is -0.118. The molecule has 3 rings (SSSR count). The quantitative estimate of drug-likeness (QED) is 0.816. The van der Waals surface area contributed by atoms with E-state index in [1.165, 1.54) is 0 Å². The number of carbonyl (C=O) groups is 2. The van der Waals surface area contributed by atoms with Gasteiger partial charge in [-0.1, -0.05) is 23.7 Å². The van der Waals surface area contributed by atoms with Gasteiger partial charge in [0.25, 0.3) is 5.91 Å². The van der Waals surface area contributed by atoms with Crippen molar-refractivity contribution in [3.63, 3.8) is 0 Å². The molecule has 1 fully saturated rings. The molecule has 0 radical (unpaired) electrons. The van der Waals surface area contributed by atoms with Gasteiger partial charge in [-0.3, -0.25) is 9.59 Å². The molecule has 0 atom stereocenters. The van der Waals surface area contributed by atoms with E-state index in [-0.39, 0.29) is 17.9 Å². The number of rotatable bonds is 5. The SMILES string of the molecule is Cc1cc(NC(=O)C2(c3cccc(Cl)c3)CC2)ccc1C(=O)NC(C)C. The molecule has 5 heteroatoms. The fourth-order valence-electron chi connectivity index (χ4n) is 3.14. The van der Waals surface area contributed by atoms with E-state index in [4.69, 9.17) is 11.6 Å². The van der Waals surface area contributed by atoms with E-state index in [1.807, 2.05) is 51.1 Å². The molecule has 0 heterocycles. The number of anilines is 1. The maximum atomic E-state index is 12.9. The van der Waals surface area contributed by atoms with E-state index in [2.05, 4.69) is 10.6 Å². The summed E-state index contributed by atoms with van der Waals surface area (Å²) < 4.78 is 0. The van der Waals surface area contributed by atoms with Crippen LogP contribution in [0.25, 0.3) is 0 Å². The topological polar surface area (TPSA) is 58.2 Å². The Balaban J connectivity index is 1.76. The Labute approximate surface area is 158 Å². The lowest BCUT2D eigenvalue weighted by Crippen LogP contribution is -2.31. The minimum Gasteiger partial charge on any atom is -0.350 e. The molecule has 26 heavy (non-hydrogen) atoms. The summed E-state index contributed by atoms with van der Waals surface area (Å²) in [5.41, 5.74) is 2.60. The predicted octanol–water partition coefficient (Wildman–Crippen LogP) is 4.46. The van der Waals surface area contributed by atoms with E-state index in [1.54, 1.807) is 12.1 Å². The minimum absolute atomic E-state index is 0.0291. The van der Waals surface area contributed by atoms with Crippen LogP contribution in [0.1, 0.15) is 48.2 Å². The van der Waals surface area contributed by atoms with Crippen LogP contribution in [0.4, 0.5) is 5.69 Å². The molecule has 0 aromatic heterocycles. The highest BCUT2D eigenvalue weighted by Crippen LogP contribution is 2.49. The summed E-state index contributed by atoms with van der Waals surface area (Å²) in [5, 5.41) is 6.52. The van der Waals surface area contributed by atoms with Gasteiger partial charge in [-0.25, -0.2) is 0 Å². The van der Waals surface area contributed by atoms with Crippen molar-refractivity contribution >= 4 is 29.1 Å². The number of hydrogen-bond acceptors (Lipinski definition) is 2. The highest BCUT2D eigenvalue weighted by molar-refractivity contribution is 6.30. The Kier molecular flexibility index (Phi) is 5.05. The predicted molar refractivity (Wildman–Crippen MR) is 105 cm³/mol. The highest BCUT2D eigenvalue weighted by Gasteiger charge is 2.51. The molecule has 1 saturated carbocycles. The Hall–Kier alpha value is -2.33. The molecular formula is C21H23ClN2O2. The normalized spacial score (nSPS) is 14.8. The molecule has 2 aromatic rings. The van der Waals surface area contributed by atoms with Gasteiger partial charge in [-0.05, 0) is 75.1 Å². The second-order valence-electron chi connectivity index (χ2n) is 7.20. The maximum absolute atomic E-state index is 12.9. The van der Waals surface area contributed by atoms with Crippen LogP contribution < -0.4 is 10.6 Å². The molecule has 0 saturated heterocycles. The summed E-state index contributed by atoms with van der Waals surface area (Å²) in [6.07, 6.45) is 1.63. The first-order valence-electron chi connectivity index (χ1n) is 8.81. The Morgan fingerprint density at radius 3 is 2.42 bits per heavy atom. The zero-order valence-electron chi connectivity index (χ0n) is 15.2. The molecule has 4 nitrogen and oxygen atoms in total. The van der Waals surface area contributed by atoms with Crippen LogP contribution in [-0.2, 0) is 10.2 Å². The van der Waals surface area contributed by atoms with Crippen LogP contribution in [0.15, 0.2) is 42.5 Å². The van der Waals surface area contributed by atoms with E-state index in [0.717, 1.165) is 24.0 Å². The minimum atomic E-state index is -0.494. The van der Waals surface area contributed by atoms with E-state index >= 15 is 0 Å². The van der Waals surface area contributed by atoms with E-state index < -0.39 is 5.41 Å². The van der Waals surface area contributed by atoms with Crippen LogP contribution in [0.5, 0.6) is 0 Å². The van der Waals surface area contributed by atoms with Gasteiger partial charge in [0.05, 0.1) is 5.41 Å².